The predicted octanol–water partition coefficient (Wildman–Crippen LogP) is 1.05. The summed E-state index contributed by atoms with van der Waals surface area (Å²) in [7, 11) is 1.94. The van der Waals surface area contributed by atoms with Crippen molar-refractivity contribution in [3.8, 4) is 0 Å². The molecular formula is C9H14N4S. The number of guanidine groups is 1. The van der Waals surface area contributed by atoms with Gasteiger partial charge in [0.15, 0.2) is 5.96 Å². The van der Waals surface area contributed by atoms with Gasteiger partial charge in [0.2, 0.25) is 0 Å². The summed E-state index contributed by atoms with van der Waals surface area (Å²) >= 11 is 1.60. The Labute approximate surface area is 87.5 Å². The molecule has 1 aliphatic carbocycles. The van der Waals surface area contributed by atoms with E-state index in [1.807, 2.05) is 22.8 Å². The van der Waals surface area contributed by atoms with E-state index in [1.54, 1.807) is 11.3 Å². The third-order valence-corrected chi connectivity index (χ3v) is 2.77. The Kier molecular flexibility index (Phi) is 2.67. The molecule has 14 heavy (non-hydrogen) atoms. The first-order valence-electron chi connectivity index (χ1n) is 4.67. The van der Waals surface area contributed by atoms with Crippen molar-refractivity contribution in [1.29, 1.82) is 0 Å². The van der Waals surface area contributed by atoms with Gasteiger partial charge in [0.05, 0.1) is 23.8 Å². The van der Waals surface area contributed by atoms with E-state index in [1.165, 1.54) is 12.8 Å². The molecule has 1 fully saturated rings. The van der Waals surface area contributed by atoms with Gasteiger partial charge < -0.3 is 10.6 Å². The van der Waals surface area contributed by atoms with Gasteiger partial charge in [-0.15, -0.1) is 11.3 Å². The van der Waals surface area contributed by atoms with Crippen molar-refractivity contribution in [3.05, 3.63) is 16.6 Å². The van der Waals surface area contributed by atoms with Crippen LogP contribution in [0.3, 0.4) is 0 Å². The molecule has 0 spiro atoms. The molecular weight excluding hydrogens is 196 g/mol. The van der Waals surface area contributed by atoms with E-state index in [9.17, 15) is 0 Å². The van der Waals surface area contributed by atoms with E-state index >= 15 is 0 Å². The van der Waals surface area contributed by atoms with Crippen molar-refractivity contribution in [1.82, 2.24) is 9.88 Å². The molecule has 0 atom stereocenters. The lowest BCUT2D eigenvalue weighted by Gasteiger charge is -2.16. The highest BCUT2D eigenvalue weighted by molar-refractivity contribution is 7.07. The van der Waals surface area contributed by atoms with Gasteiger partial charge in [-0.25, -0.2) is 9.98 Å². The summed E-state index contributed by atoms with van der Waals surface area (Å²) in [6.45, 7) is 0.742. The van der Waals surface area contributed by atoms with E-state index in [0.717, 1.165) is 12.2 Å². The van der Waals surface area contributed by atoms with Crippen LogP contribution in [-0.4, -0.2) is 28.9 Å². The largest absolute Gasteiger partial charge is 0.370 e. The normalized spacial score (nSPS) is 17.1. The molecule has 4 nitrogen and oxygen atoms in total. The van der Waals surface area contributed by atoms with Crippen molar-refractivity contribution in [2.45, 2.75) is 25.4 Å². The number of aliphatic imine (C=N–C) groups is 1. The van der Waals surface area contributed by atoms with Gasteiger partial charge in [0, 0.05) is 12.4 Å². The number of thiazole rings is 1. The second-order valence-electron chi connectivity index (χ2n) is 3.55. The zero-order valence-corrected chi connectivity index (χ0v) is 9.00. The van der Waals surface area contributed by atoms with Crippen molar-refractivity contribution in [3.63, 3.8) is 0 Å². The Bertz CT molecular complexity index is 316. The topological polar surface area (TPSA) is 54.5 Å². The summed E-state index contributed by atoms with van der Waals surface area (Å²) in [4.78, 5) is 10.5. The molecule has 1 heterocycles. The Morgan fingerprint density at radius 1 is 1.79 bits per heavy atom. The summed E-state index contributed by atoms with van der Waals surface area (Å²) in [5.41, 5.74) is 8.70. The van der Waals surface area contributed by atoms with Gasteiger partial charge in [-0.05, 0) is 12.8 Å². The first-order valence-corrected chi connectivity index (χ1v) is 5.61. The van der Waals surface area contributed by atoms with Crippen molar-refractivity contribution in [2.24, 2.45) is 10.7 Å². The zero-order chi connectivity index (χ0) is 9.97. The second-order valence-corrected chi connectivity index (χ2v) is 4.27. The summed E-state index contributed by atoms with van der Waals surface area (Å²) in [6, 6.07) is 0.480. The third-order valence-electron chi connectivity index (χ3n) is 2.14. The minimum absolute atomic E-state index is 0.480. The minimum Gasteiger partial charge on any atom is -0.370 e. The summed E-state index contributed by atoms with van der Waals surface area (Å²) in [5, 5.41) is 2.03. The fourth-order valence-electron chi connectivity index (χ4n) is 1.13. The molecule has 0 amide bonds. The predicted molar refractivity (Wildman–Crippen MR) is 58.2 cm³/mol. The van der Waals surface area contributed by atoms with E-state index < -0.39 is 0 Å². The summed E-state index contributed by atoms with van der Waals surface area (Å²) < 4.78 is 0. The highest BCUT2D eigenvalue weighted by Gasteiger charge is 2.21. The number of nitrogens with two attached hydrogens (primary N) is 1. The molecule has 0 saturated heterocycles. The molecule has 2 rings (SSSR count). The molecule has 1 aliphatic rings. The van der Waals surface area contributed by atoms with Crippen LogP contribution in [0, 0.1) is 0 Å². The fraction of sp³-hybridized carbons (Fsp3) is 0.556. The lowest BCUT2D eigenvalue weighted by Crippen LogP contribution is -2.33. The Morgan fingerprint density at radius 3 is 3.14 bits per heavy atom. The third kappa shape index (κ3) is 2.45. The van der Waals surface area contributed by atoms with Gasteiger partial charge in [0.25, 0.3) is 0 Å². The fourth-order valence-corrected chi connectivity index (χ4v) is 1.68. The van der Waals surface area contributed by atoms with Crippen LogP contribution in [-0.2, 0) is 6.54 Å². The van der Waals surface area contributed by atoms with E-state index in [4.69, 9.17) is 5.73 Å². The maximum absolute atomic E-state index is 5.83. The number of hydrogen-bond donors (Lipinski definition) is 1. The number of nitrogens with zero attached hydrogens (tertiary/aromatic N) is 3. The number of aromatic nitrogens is 1. The lowest BCUT2D eigenvalue weighted by atomic mass is 10.4. The number of hydrogen-bond acceptors (Lipinski definition) is 3. The molecule has 0 aromatic carbocycles. The molecule has 1 saturated carbocycles. The van der Waals surface area contributed by atoms with Crippen LogP contribution in [0.15, 0.2) is 15.9 Å². The number of rotatable bonds is 3. The second kappa shape index (κ2) is 3.96. The Morgan fingerprint density at radius 2 is 2.57 bits per heavy atom. The Balaban J connectivity index is 1.91. The minimum atomic E-state index is 0.480. The van der Waals surface area contributed by atoms with E-state index in [-0.39, 0.29) is 0 Å². The molecule has 1 aromatic heterocycles. The molecule has 0 radical (unpaired) electrons. The van der Waals surface area contributed by atoms with Crippen molar-refractivity contribution < 1.29 is 0 Å². The van der Waals surface area contributed by atoms with Gasteiger partial charge in [-0.2, -0.15) is 0 Å². The first kappa shape index (κ1) is 9.45. The van der Waals surface area contributed by atoms with Crippen LogP contribution in [0.2, 0.25) is 0 Å². The summed E-state index contributed by atoms with van der Waals surface area (Å²) in [5.74, 6) is 0.625. The quantitative estimate of drug-likeness (QED) is 0.599. The van der Waals surface area contributed by atoms with Crippen LogP contribution in [0.5, 0.6) is 0 Å². The van der Waals surface area contributed by atoms with Gasteiger partial charge in [0.1, 0.15) is 0 Å². The molecule has 2 N–H and O–H groups in total. The maximum atomic E-state index is 5.83. The first-order chi connectivity index (χ1) is 6.75. The SMILES string of the molecule is CN(Cc1cscn1)C(N)=NC1CC1. The average Bonchev–Trinajstić information content (AvgIpc) is 2.81. The lowest BCUT2D eigenvalue weighted by molar-refractivity contribution is 0.485. The van der Waals surface area contributed by atoms with Gasteiger partial charge >= 0.3 is 0 Å². The van der Waals surface area contributed by atoms with Gasteiger partial charge in [-0.1, -0.05) is 0 Å². The highest BCUT2D eigenvalue weighted by Crippen LogP contribution is 2.23. The maximum Gasteiger partial charge on any atom is 0.191 e. The highest BCUT2D eigenvalue weighted by atomic mass is 32.1. The van der Waals surface area contributed by atoms with Crippen LogP contribution >= 0.6 is 11.3 Å². The molecule has 0 aliphatic heterocycles. The zero-order valence-electron chi connectivity index (χ0n) is 8.18. The monoisotopic (exact) mass is 210 g/mol. The Hall–Kier alpha value is -1.10. The van der Waals surface area contributed by atoms with Crippen molar-refractivity contribution in [2.75, 3.05) is 7.05 Å². The molecule has 0 unspecified atom stereocenters. The standard InChI is InChI=1S/C9H14N4S/c1-13(4-8-5-14-6-11-8)9(10)12-7-2-3-7/h5-7H,2-4H2,1H3,(H2,10,12). The van der Waals surface area contributed by atoms with Crippen LogP contribution in [0.25, 0.3) is 0 Å². The molecule has 76 valence electrons. The van der Waals surface area contributed by atoms with E-state index in [0.29, 0.717) is 12.0 Å². The van der Waals surface area contributed by atoms with Crippen molar-refractivity contribution >= 4 is 17.3 Å². The van der Waals surface area contributed by atoms with Crippen LogP contribution in [0.1, 0.15) is 18.5 Å². The van der Waals surface area contributed by atoms with Gasteiger partial charge in [-0.3, -0.25) is 0 Å². The summed E-state index contributed by atoms with van der Waals surface area (Å²) in [6.07, 6.45) is 2.37. The smallest absolute Gasteiger partial charge is 0.191 e. The van der Waals surface area contributed by atoms with Crippen LogP contribution < -0.4 is 5.73 Å². The van der Waals surface area contributed by atoms with E-state index in [2.05, 4.69) is 9.98 Å². The van der Waals surface area contributed by atoms with Crippen LogP contribution in [0.4, 0.5) is 0 Å². The average molecular weight is 210 g/mol. The molecule has 1 aromatic rings. The molecule has 0 bridgehead atoms. The molecule has 5 heteroatoms.